The van der Waals surface area contributed by atoms with E-state index in [0.29, 0.717) is 5.92 Å². The van der Waals surface area contributed by atoms with Crippen molar-refractivity contribution in [1.82, 2.24) is 5.32 Å². The molecule has 1 N–H and O–H groups in total. The molecule has 0 aliphatic heterocycles. The fourth-order valence-corrected chi connectivity index (χ4v) is 4.13. The first-order chi connectivity index (χ1) is 8.16. The van der Waals surface area contributed by atoms with Gasteiger partial charge in [0.15, 0.2) is 0 Å². The highest BCUT2D eigenvalue weighted by atomic mass is 79.9. The Labute approximate surface area is 122 Å². The summed E-state index contributed by atoms with van der Waals surface area (Å²) in [5.41, 5.74) is 0. The van der Waals surface area contributed by atoms with Gasteiger partial charge in [-0.05, 0) is 56.7 Å². The fourth-order valence-electron chi connectivity index (χ4n) is 2.17. The van der Waals surface area contributed by atoms with Crippen molar-refractivity contribution in [3.63, 3.8) is 0 Å². The van der Waals surface area contributed by atoms with Crippen molar-refractivity contribution < 1.29 is 4.79 Å². The average Bonchev–Trinajstić information content (AvgIpc) is 2.68. The Morgan fingerprint density at radius 3 is 2.65 bits per heavy atom. The third-order valence-corrected chi connectivity index (χ3v) is 6.40. The lowest BCUT2D eigenvalue weighted by molar-refractivity contribution is 0.0947. The van der Waals surface area contributed by atoms with Crippen molar-refractivity contribution in [2.75, 3.05) is 6.54 Å². The van der Waals surface area contributed by atoms with Crippen molar-refractivity contribution in [2.24, 2.45) is 5.92 Å². The Hall–Kier alpha value is 0.130. The van der Waals surface area contributed by atoms with Gasteiger partial charge in [0, 0.05) is 11.0 Å². The highest BCUT2D eigenvalue weighted by molar-refractivity contribution is 9.13. The van der Waals surface area contributed by atoms with E-state index in [1.807, 2.05) is 6.07 Å². The van der Waals surface area contributed by atoms with Crippen molar-refractivity contribution in [3.05, 3.63) is 19.2 Å². The topological polar surface area (TPSA) is 29.1 Å². The van der Waals surface area contributed by atoms with Gasteiger partial charge in [-0.3, -0.25) is 4.79 Å². The second kappa shape index (κ2) is 6.34. The number of hydrogen-bond acceptors (Lipinski definition) is 2. The molecule has 1 aliphatic rings. The van der Waals surface area contributed by atoms with Crippen LogP contribution in [0, 0.1) is 5.92 Å². The summed E-state index contributed by atoms with van der Waals surface area (Å²) < 4.78 is 1.92. The molecule has 0 saturated heterocycles. The van der Waals surface area contributed by atoms with E-state index in [-0.39, 0.29) is 5.91 Å². The van der Waals surface area contributed by atoms with E-state index in [1.54, 1.807) is 0 Å². The van der Waals surface area contributed by atoms with E-state index in [0.717, 1.165) is 19.7 Å². The number of halogens is 2. The lowest BCUT2D eigenvalue weighted by Crippen LogP contribution is -2.29. The lowest BCUT2D eigenvalue weighted by atomic mass is 9.89. The maximum Gasteiger partial charge on any atom is 0.261 e. The molecule has 1 heterocycles. The molecule has 2 nitrogen and oxygen atoms in total. The van der Waals surface area contributed by atoms with Crippen LogP contribution in [-0.4, -0.2) is 12.5 Å². The fraction of sp³-hybridized carbons (Fsp3) is 0.583. The molecule has 1 amide bonds. The van der Waals surface area contributed by atoms with Gasteiger partial charge in [0.1, 0.15) is 0 Å². The van der Waals surface area contributed by atoms with E-state index in [1.165, 1.54) is 43.4 Å². The summed E-state index contributed by atoms with van der Waals surface area (Å²) in [6, 6.07) is 1.87. The molecule has 1 aromatic rings. The first-order valence-corrected chi connectivity index (χ1v) is 8.30. The molecule has 0 bridgehead atoms. The summed E-state index contributed by atoms with van der Waals surface area (Å²) in [5, 5.41) is 3.04. The Balaban J connectivity index is 1.84. The van der Waals surface area contributed by atoms with Crippen LogP contribution >= 0.6 is 43.2 Å². The molecular formula is C12H15Br2NOS. The van der Waals surface area contributed by atoms with Crippen LogP contribution < -0.4 is 5.32 Å². The summed E-state index contributed by atoms with van der Waals surface area (Å²) in [6.45, 7) is 0.825. The van der Waals surface area contributed by atoms with Crippen LogP contribution in [-0.2, 0) is 0 Å². The van der Waals surface area contributed by atoms with E-state index in [2.05, 4.69) is 37.2 Å². The van der Waals surface area contributed by atoms with Gasteiger partial charge in [-0.15, -0.1) is 11.3 Å². The third kappa shape index (κ3) is 3.80. The number of hydrogen-bond donors (Lipinski definition) is 1. The van der Waals surface area contributed by atoms with Gasteiger partial charge in [0.25, 0.3) is 5.91 Å². The highest BCUT2D eigenvalue weighted by Gasteiger charge is 2.16. The second-order valence-electron chi connectivity index (χ2n) is 4.45. The molecule has 17 heavy (non-hydrogen) atoms. The third-order valence-electron chi connectivity index (χ3n) is 3.14. The first kappa shape index (κ1) is 13.6. The van der Waals surface area contributed by atoms with Crippen LogP contribution in [0.25, 0.3) is 0 Å². The molecule has 1 fully saturated rings. The molecule has 0 radical (unpaired) electrons. The highest BCUT2D eigenvalue weighted by Crippen LogP contribution is 2.32. The van der Waals surface area contributed by atoms with Crippen LogP contribution in [0.5, 0.6) is 0 Å². The minimum Gasteiger partial charge on any atom is -0.351 e. The van der Waals surface area contributed by atoms with Crippen molar-refractivity contribution in [3.8, 4) is 0 Å². The van der Waals surface area contributed by atoms with Gasteiger partial charge in [0.2, 0.25) is 0 Å². The standard InChI is InChI=1S/C12H15Br2NOS/c13-9-6-10(17-11(9)14)12(16)15-7-8-4-2-1-3-5-8/h6,8H,1-5,7H2,(H,15,16). The second-order valence-corrected chi connectivity index (χ2v) is 7.67. The minimum atomic E-state index is 0.0481. The largest absolute Gasteiger partial charge is 0.351 e. The molecule has 5 heteroatoms. The Morgan fingerprint density at radius 1 is 1.35 bits per heavy atom. The van der Waals surface area contributed by atoms with Gasteiger partial charge in [-0.25, -0.2) is 0 Å². The van der Waals surface area contributed by atoms with Gasteiger partial charge in [-0.2, -0.15) is 0 Å². The van der Waals surface area contributed by atoms with Crippen LogP contribution in [0.1, 0.15) is 41.8 Å². The molecular weight excluding hydrogens is 366 g/mol. The number of thiophene rings is 1. The summed E-state index contributed by atoms with van der Waals surface area (Å²) >= 11 is 8.27. The van der Waals surface area contributed by atoms with Gasteiger partial charge in [-0.1, -0.05) is 19.3 Å². The predicted molar refractivity (Wildman–Crippen MR) is 78.6 cm³/mol. The number of nitrogens with one attached hydrogen (secondary N) is 1. The minimum absolute atomic E-state index is 0.0481. The normalized spacial score (nSPS) is 17.1. The zero-order valence-corrected chi connectivity index (χ0v) is 13.5. The van der Waals surface area contributed by atoms with Crippen LogP contribution in [0.2, 0.25) is 0 Å². The van der Waals surface area contributed by atoms with Gasteiger partial charge in [0.05, 0.1) is 8.66 Å². The van der Waals surface area contributed by atoms with Crippen molar-refractivity contribution >= 4 is 49.1 Å². The molecule has 1 aromatic heterocycles. The summed E-state index contributed by atoms with van der Waals surface area (Å²) in [4.78, 5) is 12.7. The molecule has 0 unspecified atom stereocenters. The SMILES string of the molecule is O=C(NCC1CCCCC1)c1cc(Br)c(Br)s1. The van der Waals surface area contributed by atoms with Crippen LogP contribution in [0.3, 0.4) is 0 Å². The van der Waals surface area contributed by atoms with E-state index in [9.17, 15) is 4.79 Å². The smallest absolute Gasteiger partial charge is 0.261 e. The van der Waals surface area contributed by atoms with Gasteiger partial charge >= 0.3 is 0 Å². The molecule has 1 saturated carbocycles. The molecule has 1 aliphatic carbocycles. The molecule has 0 aromatic carbocycles. The quantitative estimate of drug-likeness (QED) is 0.816. The van der Waals surface area contributed by atoms with Crippen LogP contribution in [0.15, 0.2) is 14.3 Å². The maximum absolute atomic E-state index is 11.9. The number of amides is 1. The number of carbonyl (C=O) groups is 1. The Morgan fingerprint density at radius 2 is 2.06 bits per heavy atom. The first-order valence-electron chi connectivity index (χ1n) is 5.90. The summed E-state index contributed by atoms with van der Waals surface area (Å²) in [5.74, 6) is 0.728. The molecule has 94 valence electrons. The van der Waals surface area contributed by atoms with Crippen molar-refractivity contribution in [2.45, 2.75) is 32.1 Å². The zero-order valence-electron chi connectivity index (χ0n) is 9.47. The average molecular weight is 381 g/mol. The van der Waals surface area contributed by atoms with E-state index in [4.69, 9.17) is 0 Å². The number of rotatable bonds is 3. The van der Waals surface area contributed by atoms with Crippen LogP contribution in [0.4, 0.5) is 0 Å². The van der Waals surface area contributed by atoms with Gasteiger partial charge < -0.3 is 5.32 Å². The zero-order chi connectivity index (χ0) is 12.3. The summed E-state index contributed by atoms with van der Waals surface area (Å²) in [6.07, 6.45) is 6.51. The van der Waals surface area contributed by atoms with E-state index < -0.39 is 0 Å². The maximum atomic E-state index is 11.9. The Bertz CT molecular complexity index is 380. The molecule has 0 atom stereocenters. The Kier molecular flexibility index (Phi) is 5.06. The van der Waals surface area contributed by atoms with Crippen molar-refractivity contribution in [1.29, 1.82) is 0 Å². The van der Waals surface area contributed by atoms with E-state index >= 15 is 0 Å². The number of carbonyl (C=O) groups excluding carboxylic acids is 1. The monoisotopic (exact) mass is 379 g/mol. The summed E-state index contributed by atoms with van der Waals surface area (Å²) in [7, 11) is 0. The predicted octanol–water partition coefficient (Wildman–Crippen LogP) is 4.58. The molecule has 0 spiro atoms. The molecule has 2 rings (SSSR count). The lowest BCUT2D eigenvalue weighted by Gasteiger charge is -2.21.